The zero-order valence-corrected chi connectivity index (χ0v) is 15.1. The number of sulfonamides is 1. The van der Waals surface area contributed by atoms with Crippen LogP contribution in [0.25, 0.3) is 0 Å². The van der Waals surface area contributed by atoms with Crippen LogP contribution in [-0.2, 0) is 10.0 Å². The summed E-state index contributed by atoms with van der Waals surface area (Å²) in [5, 5.41) is 9.21. The van der Waals surface area contributed by atoms with Crippen molar-refractivity contribution in [1.29, 1.82) is 0 Å². The fourth-order valence-electron chi connectivity index (χ4n) is 2.87. The molecule has 0 atom stereocenters. The lowest BCUT2D eigenvalue weighted by Gasteiger charge is -2.32. The minimum atomic E-state index is -3.28. The Bertz CT molecular complexity index is 724. The minimum Gasteiger partial charge on any atom is -0.478 e. The third kappa shape index (κ3) is 5.27. The van der Waals surface area contributed by atoms with E-state index in [2.05, 4.69) is 4.72 Å². The van der Waals surface area contributed by atoms with Crippen molar-refractivity contribution in [2.24, 2.45) is 0 Å². The Balaban J connectivity index is 1.96. The first-order valence-corrected chi connectivity index (χ1v) is 10.1. The fraction of sp³-hybridized carbons (Fsp3) is 0.529. The lowest BCUT2D eigenvalue weighted by Crippen LogP contribution is -2.47. The Morgan fingerprint density at radius 2 is 1.80 bits per heavy atom. The molecule has 1 fully saturated rings. The van der Waals surface area contributed by atoms with E-state index in [4.69, 9.17) is 0 Å². The highest BCUT2D eigenvalue weighted by atomic mass is 32.2. The summed E-state index contributed by atoms with van der Waals surface area (Å²) < 4.78 is 26.6. The number of amides is 1. The average Bonchev–Trinajstić information content (AvgIpc) is 2.59. The molecule has 0 unspecified atom stereocenters. The predicted octanol–water partition coefficient (Wildman–Crippen LogP) is 1.71. The summed E-state index contributed by atoms with van der Waals surface area (Å²) in [5.41, 5.74) is 0.145. The van der Waals surface area contributed by atoms with Gasteiger partial charge in [0, 0.05) is 19.1 Å². The van der Waals surface area contributed by atoms with Crippen LogP contribution in [0.3, 0.4) is 0 Å². The Kier molecular flexibility index (Phi) is 6.55. The molecule has 1 heterocycles. The van der Waals surface area contributed by atoms with Gasteiger partial charge in [-0.05, 0) is 31.4 Å². The molecule has 0 saturated carbocycles. The van der Waals surface area contributed by atoms with Gasteiger partial charge in [-0.15, -0.1) is 0 Å². The Morgan fingerprint density at radius 3 is 2.36 bits per heavy atom. The molecule has 1 aromatic carbocycles. The minimum absolute atomic E-state index is 0.0186. The number of nitrogens with one attached hydrogen (secondary N) is 1. The molecule has 8 heteroatoms. The Hall–Kier alpha value is -1.93. The summed E-state index contributed by atoms with van der Waals surface area (Å²) in [6.07, 6.45) is 2.48. The number of hydrogen-bond acceptors (Lipinski definition) is 4. The number of nitrogens with zero attached hydrogens (tertiary/aromatic N) is 1. The molecular formula is C17H24N2O5S. The van der Waals surface area contributed by atoms with Crippen molar-refractivity contribution in [3.05, 3.63) is 35.4 Å². The second-order valence-electron chi connectivity index (χ2n) is 6.21. The van der Waals surface area contributed by atoms with Crippen LogP contribution in [0.4, 0.5) is 0 Å². The molecule has 1 aliphatic rings. The van der Waals surface area contributed by atoms with Crippen LogP contribution in [0.1, 0.15) is 53.3 Å². The number of unbranched alkanes of at least 4 members (excludes halogenated alkanes) is 1. The van der Waals surface area contributed by atoms with Gasteiger partial charge in [0.05, 0.1) is 16.9 Å². The largest absolute Gasteiger partial charge is 0.478 e. The third-order valence-corrected chi connectivity index (χ3v) is 5.80. The molecule has 1 aromatic rings. The highest BCUT2D eigenvalue weighted by Gasteiger charge is 2.28. The van der Waals surface area contributed by atoms with Gasteiger partial charge in [-0.2, -0.15) is 0 Å². The second-order valence-corrected chi connectivity index (χ2v) is 8.08. The topological polar surface area (TPSA) is 104 Å². The predicted molar refractivity (Wildman–Crippen MR) is 94.2 cm³/mol. The van der Waals surface area contributed by atoms with Gasteiger partial charge in [-0.1, -0.05) is 25.5 Å². The van der Waals surface area contributed by atoms with Crippen LogP contribution in [0.15, 0.2) is 24.3 Å². The van der Waals surface area contributed by atoms with E-state index in [0.29, 0.717) is 32.4 Å². The number of carbonyl (C=O) groups is 2. The van der Waals surface area contributed by atoms with Crippen molar-refractivity contribution in [3.63, 3.8) is 0 Å². The van der Waals surface area contributed by atoms with Gasteiger partial charge in [0.1, 0.15) is 0 Å². The van der Waals surface area contributed by atoms with E-state index in [0.717, 1.165) is 6.42 Å². The molecule has 7 nitrogen and oxygen atoms in total. The Labute approximate surface area is 148 Å². The first kappa shape index (κ1) is 19.4. The van der Waals surface area contributed by atoms with Crippen molar-refractivity contribution >= 4 is 21.9 Å². The molecule has 2 rings (SSSR count). The summed E-state index contributed by atoms with van der Waals surface area (Å²) in [5.74, 6) is -1.35. The van der Waals surface area contributed by atoms with Crippen LogP contribution in [0, 0.1) is 0 Å². The lowest BCUT2D eigenvalue weighted by molar-refractivity contribution is 0.0661. The Morgan fingerprint density at radius 1 is 1.20 bits per heavy atom. The first-order valence-electron chi connectivity index (χ1n) is 8.45. The van der Waals surface area contributed by atoms with E-state index < -0.39 is 16.0 Å². The molecule has 1 aliphatic heterocycles. The number of hydrogen-bond donors (Lipinski definition) is 2. The molecule has 25 heavy (non-hydrogen) atoms. The lowest BCUT2D eigenvalue weighted by atomic mass is 10.0. The summed E-state index contributed by atoms with van der Waals surface area (Å²) in [4.78, 5) is 25.4. The van der Waals surface area contributed by atoms with Crippen molar-refractivity contribution in [1.82, 2.24) is 9.62 Å². The number of carbonyl (C=O) groups excluding carboxylic acids is 1. The highest BCUT2D eigenvalue weighted by Crippen LogP contribution is 2.17. The second kappa shape index (κ2) is 8.44. The number of rotatable bonds is 7. The van der Waals surface area contributed by atoms with Crippen LogP contribution >= 0.6 is 0 Å². The van der Waals surface area contributed by atoms with E-state index >= 15 is 0 Å². The van der Waals surface area contributed by atoms with E-state index in [9.17, 15) is 23.1 Å². The number of carboxylic acid groups (broad SMARTS) is 1. The van der Waals surface area contributed by atoms with Crippen molar-refractivity contribution in [2.75, 3.05) is 18.8 Å². The van der Waals surface area contributed by atoms with Crippen molar-refractivity contribution in [2.45, 2.75) is 38.6 Å². The maximum absolute atomic E-state index is 12.6. The SMILES string of the molecule is CCCCS(=O)(=O)NC1CCN(C(=O)c2ccccc2C(=O)O)CC1. The summed E-state index contributed by atoms with van der Waals surface area (Å²) in [6, 6.07) is 5.95. The molecule has 138 valence electrons. The van der Waals surface area contributed by atoms with Gasteiger partial charge < -0.3 is 10.0 Å². The molecule has 2 N–H and O–H groups in total. The first-order chi connectivity index (χ1) is 11.8. The van der Waals surface area contributed by atoms with Gasteiger partial charge in [0.15, 0.2) is 0 Å². The molecule has 0 spiro atoms. The highest BCUT2D eigenvalue weighted by molar-refractivity contribution is 7.89. The molecule has 0 radical (unpaired) electrons. The molecule has 0 aliphatic carbocycles. The molecule has 0 bridgehead atoms. The smallest absolute Gasteiger partial charge is 0.336 e. The monoisotopic (exact) mass is 368 g/mol. The summed E-state index contributed by atoms with van der Waals surface area (Å²) in [6.45, 7) is 2.73. The van der Waals surface area contributed by atoms with Gasteiger partial charge in [0.2, 0.25) is 10.0 Å². The number of benzene rings is 1. The normalized spacial score (nSPS) is 16.0. The van der Waals surface area contributed by atoms with Crippen LogP contribution in [0.2, 0.25) is 0 Å². The zero-order valence-electron chi connectivity index (χ0n) is 14.3. The quantitative estimate of drug-likeness (QED) is 0.762. The summed E-state index contributed by atoms with van der Waals surface area (Å²) in [7, 11) is -3.28. The number of likely N-dealkylation sites (tertiary alicyclic amines) is 1. The number of piperidine rings is 1. The van der Waals surface area contributed by atoms with E-state index in [1.807, 2.05) is 6.92 Å². The zero-order chi connectivity index (χ0) is 18.4. The van der Waals surface area contributed by atoms with Gasteiger partial charge in [-0.3, -0.25) is 4.79 Å². The number of aromatic carboxylic acids is 1. The molecule has 1 amide bonds. The molecule has 1 saturated heterocycles. The average molecular weight is 368 g/mol. The fourth-order valence-corrected chi connectivity index (χ4v) is 4.40. The maximum Gasteiger partial charge on any atom is 0.336 e. The van der Waals surface area contributed by atoms with Crippen LogP contribution < -0.4 is 4.72 Å². The van der Waals surface area contributed by atoms with Crippen molar-refractivity contribution in [3.8, 4) is 0 Å². The van der Waals surface area contributed by atoms with E-state index in [-0.39, 0.29) is 28.8 Å². The number of carboxylic acids is 1. The maximum atomic E-state index is 12.6. The van der Waals surface area contributed by atoms with Crippen LogP contribution in [0.5, 0.6) is 0 Å². The van der Waals surface area contributed by atoms with Gasteiger partial charge in [-0.25, -0.2) is 17.9 Å². The van der Waals surface area contributed by atoms with Gasteiger partial charge in [0.25, 0.3) is 5.91 Å². The summed E-state index contributed by atoms with van der Waals surface area (Å²) >= 11 is 0. The van der Waals surface area contributed by atoms with Crippen LogP contribution in [-0.4, -0.2) is 55.2 Å². The standard InChI is InChI=1S/C17H24N2O5S/c1-2-3-12-25(23,24)18-13-8-10-19(11-9-13)16(20)14-6-4-5-7-15(14)17(21)22/h4-7,13,18H,2-3,8-12H2,1H3,(H,21,22). The molecular weight excluding hydrogens is 344 g/mol. The molecule has 0 aromatic heterocycles. The third-order valence-electron chi connectivity index (χ3n) is 4.28. The van der Waals surface area contributed by atoms with E-state index in [1.165, 1.54) is 12.1 Å². The van der Waals surface area contributed by atoms with E-state index in [1.54, 1.807) is 17.0 Å². The van der Waals surface area contributed by atoms with Crippen molar-refractivity contribution < 1.29 is 23.1 Å². The van der Waals surface area contributed by atoms with Gasteiger partial charge >= 0.3 is 5.97 Å².